The number of carboxylic acids is 1. The lowest BCUT2D eigenvalue weighted by molar-refractivity contribution is 0.0694. The van der Waals surface area contributed by atoms with E-state index in [0.717, 1.165) is 0 Å². The summed E-state index contributed by atoms with van der Waals surface area (Å²) in [5.41, 5.74) is 0.218. The first-order valence-corrected chi connectivity index (χ1v) is 11.1. The second kappa shape index (κ2) is 9.93. The number of aromatic carboxylic acids is 1. The van der Waals surface area contributed by atoms with Crippen molar-refractivity contribution in [3.05, 3.63) is 74.3 Å². The van der Waals surface area contributed by atoms with Gasteiger partial charge in [-0.3, -0.25) is 4.79 Å². The van der Waals surface area contributed by atoms with Gasteiger partial charge in [0.1, 0.15) is 17.1 Å². The number of aliphatic hydroxyl groups is 1. The molecule has 6 nitrogen and oxygen atoms in total. The molecule has 8 heteroatoms. The quantitative estimate of drug-likeness (QED) is 0.475. The minimum absolute atomic E-state index is 0.0159. The Bertz CT molecular complexity index is 1250. The second-order valence-corrected chi connectivity index (χ2v) is 9.02. The molecule has 0 saturated heterocycles. The molecule has 2 aromatic carbocycles. The maximum absolute atomic E-state index is 14.6. The highest BCUT2D eigenvalue weighted by Crippen LogP contribution is 2.32. The number of halogens is 2. The highest BCUT2D eigenvalue weighted by molar-refractivity contribution is 6.30. The van der Waals surface area contributed by atoms with Crippen LogP contribution in [0, 0.1) is 11.7 Å². The standard InChI is InChI=1S/C25H27ClFNO5/c1-13(2)21(12-29)28-11-18(25(31)32)24(30)17-9-16(22(10-20(17)28)33-14(3)4)8-15-6-5-7-19(26)23(15)27/h5-7,9-11,13-14,21,29H,8,12H2,1-4H3,(H,31,32). The summed E-state index contributed by atoms with van der Waals surface area (Å²) in [6.45, 7) is 7.24. The maximum Gasteiger partial charge on any atom is 0.341 e. The Hall–Kier alpha value is -2.90. The summed E-state index contributed by atoms with van der Waals surface area (Å²) in [6, 6.07) is 7.42. The van der Waals surface area contributed by atoms with Crippen molar-refractivity contribution >= 4 is 28.5 Å². The number of ether oxygens (including phenoxy) is 1. The van der Waals surface area contributed by atoms with Crippen LogP contribution in [0.15, 0.2) is 41.3 Å². The average molecular weight is 476 g/mol. The molecule has 0 aliphatic heterocycles. The first kappa shape index (κ1) is 24.7. The number of aromatic nitrogens is 1. The number of pyridine rings is 1. The number of carboxylic acid groups (broad SMARTS) is 1. The number of carbonyl (C=O) groups is 1. The highest BCUT2D eigenvalue weighted by Gasteiger charge is 2.23. The zero-order chi connectivity index (χ0) is 24.4. The van der Waals surface area contributed by atoms with Crippen LogP contribution in [0.4, 0.5) is 4.39 Å². The zero-order valence-electron chi connectivity index (χ0n) is 18.9. The predicted octanol–water partition coefficient (Wildman–Crippen LogP) is 5.06. The van der Waals surface area contributed by atoms with Crippen LogP contribution in [-0.2, 0) is 6.42 Å². The summed E-state index contributed by atoms with van der Waals surface area (Å²) >= 11 is 5.93. The van der Waals surface area contributed by atoms with E-state index < -0.39 is 28.8 Å². The lowest BCUT2D eigenvalue weighted by Gasteiger charge is -2.26. The molecule has 0 fully saturated rings. The number of aliphatic hydroxyl groups excluding tert-OH is 1. The van der Waals surface area contributed by atoms with Crippen molar-refractivity contribution in [2.45, 2.75) is 46.3 Å². The molecule has 0 radical (unpaired) electrons. The number of hydrogen-bond donors (Lipinski definition) is 2. The summed E-state index contributed by atoms with van der Waals surface area (Å²) in [7, 11) is 0. The Morgan fingerprint density at radius 3 is 2.45 bits per heavy atom. The van der Waals surface area contributed by atoms with E-state index in [1.807, 2.05) is 27.7 Å². The van der Waals surface area contributed by atoms with Crippen molar-refractivity contribution in [3.8, 4) is 5.75 Å². The molecule has 0 amide bonds. The van der Waals surface area contributed by atoms with Gasteiger partial charge in [-0.15, -0.1) is 0 Å². The van der Waals surface area contributed by atoms with Gasteiger partial charge in [-0.05, 0) is 43.0 Å². The minimum atomic E-state index is -1.36. The van der Waals surface area contributed by atoms with Crippen molar-refractivity contribution in [2.75, 3.05) is 6.61 Å². The van der Waals surface area contributed by atoms with Gasteiger partial charge in [0.05, 0.1) is 29.3 Å². The van der Waals surface area contributed by atoms with Crippen molar-refractivity contribution in [3.63, 3.8) is 0 Å². The summed E-state index contributed by atoms with van der Waals surface area (Å²) in [5, 5.41) is 19.8. The topological polar surface area (TPSA) is 88.8 Å². The van der Waals surface area contributed by atoms with Crippen LogP contribution in [0.3, 0.4) is 0 Å². The van der Waals surface area contributed by atoms with Crippen LogP contribution in [-0.4, -0.2) is 33.5 Å². The third-order valence-electron chi connectivity index (χ3n) is 5.53. The number of benzene rings is 2. The van der Waals surface area contributed by atoms with Gasteiger partial charge in [-0.25, -0.2) is 9.18 Å². The second-order valence-electron chi connectivity index (χ2n) is 8.61. The maximum atomic E-state index is 14.6. The summed E-state index contributed by atoms with van der Waals surface area (Å²) in [4.78, 5) is 24.9. The fraction of sp³-hybridized carbons (Fsp3) is 0.360. The molecular weight excluding hydrogens is 449 g/mol. The van der Waals surface area contributed by atoms with Gasteiger partial charge in [0.15, 0.2) is 0 Å². The van der Waals surface area contributed by atoms with Gasteiger partial charge < -0.3 is 19.5 Å². The Morgan fingerprint density at radius 2 is 1.88 bits per heavy atom. The fourth-order valence-electron chi connectivity index (χ4n) is 3.86. The van der Waals surface area contributed by atoms with Crippen LogP contribution in [0.1, 0.15) is 55.2 Å². The first-order valence-electron chi connectivity index (χ1n) is 10.7. The Morgan fingerprint density at radius 1 is 1.18 bits per heavy atom. The zero-order valence-corrected chi connectivity index (χ0v) is 19.7. The number of rotatable bonds is 8. The largest absolute Gasteiger partial charge is 0.491 e. The van der Waals surface area contributed by atoms with E-state index in [0.29, 0.717) is 22.4 Å². The van der Waals surface area contributed by atoms with E-state index >= 15 is 0 Å². The number of fused-ring (bicyclic) bond motifs is 1. The van der Waals surface area contributed by atoms with Crippen LogP contribution in [0.5, 0.6) is 5.75 Å². The lowest BCUT2D eigenvalue weighted by Crippen LogP contribution is -2.25. The molecule has 0 aliphatic rings. The minimum Gasteiger partial charge on any atom is -0.491 e. The van der Waals surface area contributed by atoms with E-state index in [4.69, 9.17) is 16.3 Å². The summed E-state index contributed by atoms with van der Waals surface area (Å²) < 4.78 is 22.2. The van der Waals surface area contributed by atoms with Crippen LogP contribution in [0.25, 0.3) is 10.9 Å². The van der Waals surface area contributed by atoms with E-state index in [2.05, 4.69) is 0 Å². The normalized spacial score (nSPS) is 12.5. The Labute approximate surface area is 196 Å². The van der Waals surface area contributed by atoms with Crippen LogP contribution < -0.4 is 10.2 Å². The fourth-order valence-corrected chi connectivity index (χ4v) is 4.05. The summed E-state index contributed by atoms with van der Waals surface area (Å²) in [6.07, 6.45) is 1.15. The lowest BCUT2D eigenvalue weighted by atomic mass is 9.98. The molecule has 1 atom stereocenters. The SMILES string of the molecule is CC(C)Oc1cc2c(cc1Cc1cccc(Cl)c1F)c(=O)c(C(=O)O)cn2C(CO)C(C)C. The van der Waals surface area contributed by atoms with Gasteiger partial charge in [-0.1, -0.05) is 37.6 Å². The van der Waals surface area contributed by atoms with Crippen LogP contribution >= 0.6 is 11.6 Å². The molecule has 0 saturated carbocycles. The van der Waals surface area contributed by atoms with Gasteiger partial charge in [-0.2, -0.15) is 0 Å². The molecule has 0 aliphatic carbocycles. The molecule has 3 aromatic rings. The number of nitrogens with zero attached hydrogens (tertiary/aromatic N) is 1. The van der Waals surface area contributed by atoms with Gasteiger partial charge in [0, 0.05) is 24.1 Å². The highest BCUT2D eigenvalue weighted by atomic mass is 35.5. The predicted molar refractivity (Wildman–Crippen MR) is 126 cm³/mol. The third kappa shape index (κ3) is 5.04. The molecule has 176 valence electrons. The molecule has 1 heterocycles. The third-order valence-corrected chi connectivity index (χ3v) is 5.83. The molecule has 1 aromatic heterocycles. The smallest absolute Gasteiger partial charge is 0.341 e. The molecular formula is C25H27ClFNO5. The Balaban J connectivity index is 2.36. The van der Waals surface area contributed by atoms with Crippen molar-refractivity contribution in [1.29, 1.82) is 0 Å². The van der Waals surface area contributed by atoms with E-state index in [1.165, 1.54) is 12.3 Å². The Kier molecular flexibility index (Phi) is 7.44. The average Bonchev–Trinajstić information content (AvgIpc) is 2.73. The number of hydrogen-bond acceptors (Lipinski definition) is 4. The van der Waals surface area contributed by atoms with E-state index in [9.17, 15) is 24.2 Å². The van der Waals surface area contributed by atoms with Gasteiger partial charge in [0.25, 0.3) is 0 Å². The molecule has 1 unspecified atom stereocenters. The monoisotopic (exact) mass is 475 g/mol. The van der Waals surface area contributed by atoms with Gasteiger partial charge >= 0.3 is 5.97 Å². The molecule has 0 bridgehead atoms. The van der Waals surface area contributed by atoms with E-state index in [-0.39, 0.29) is 35.5 Å². The molecule has 2 N–H and O–H groups in total. The first-order chi connectivity index (χ1) is 15.5. The van der Waals surface area contributed by atoms with Crippen molar-refractivity contribution in [2.24, 2.45) is 5.92 Å². The van der Waals surface area contributed by atoms with Crippen molar-refractivity contribution < 1.29 is 24.1 Å². The van der Waals surface area contributed by atoms with E-state index in [1.54, 1.807) is 28.8 Å². The van der Waals surface area contributed by atoms with Crippen LogP contribution in [0.2, 0.25) is 5.02 Å². The molecule has 3 rings (SSSR count). The molecule has 33 heavy (non-hydrogen) atoms. The summed E-state index contributed by atoms with van der Waals surface area (Å²) in [5.74, 6) is -1.53. The molecule has 0 spiro atoms. The van der Waals surface area contributed by atoms with Gasteiger partial charge in [0.2, 0.25) is 5.43 Å². The van der Waals surface area contributed by atoms with Crippen molar-refractivity contribution in [1.82, 2.24) is 4.57 Å².